The SMILES string of the molecule is COc1ccc(N2C[C@@]34C=C[C@H](O3)[C@H](C(=O)Nc3nccs3)[C@@H]4C2=O)cc1. The van der Waals surface area contributed by atoms with Crippen LogP contribution in [0.4, 0.5) is 10.8 Å². The van der Waals surface area contributed by atoms with Crippen molar-refractivity contribution in [2.24, 2.45) is 11.8 Å². The minimum Gasteiger partial charge on any atom is -0.497 e. The molecule has 3 aliphatic heterocycles. The van der Waals surface area contributed by atoms with Crippen molar-refractivity contribution in [1.29, 1.82) is 0 Å². The molecule has 2 saturated heterocycles. The van der Waals surface area contributed by atoms with Crippen molar-refractivity contribution in [3.63, 3.8) is 0 Å². The van der Waals surface area contributed by atoms with Gasteiger partial charge in [0.15, 0.2) is 5.13 Å². The minimum atomic E-state index is -0.743. The van der Waals surface area contributed by atoms with Crippen LogP contribution in [0.3, 0.4) is 0 Å². The van der Waals surface area contributed by atoms with Gasteiger partial charge in [-0.3, -0.25) is 9.59 Å². The summed E-state index contributed by atoms with van der Waals surface area (Å²) in [5.41, 5.74) is 0.0242. The van der Waals surface area contributed by atoms with E-state index in [0.29, 0.717) is 11.7 Å². The average molecular weight is 383 g/mol. The molecule has 8 heteroatoms. The van der Waals surface area contributed by atoms with E-state index >= 15 is 0 Å². The van der Waals surface area contributed by atoms with Gasteiger partial charge in [-0.15, -0.1) is 11.3 Å². The summed E-state index contributed by atoms with van der Waals surface area (Å²) in [6.07, 6.45) is 5.09. The van der Waals surface area contributed by atoms with Gasteiger partial charge in [0.05, 0.1) is 31.6 Å². The van der Waals surface area contributed by atoms with Crippen LogP contribution in [0.2, 0.25) is 0 Å². The third kappa shape index (κ3) is 2.40. The Morgan fingerprint density at radius 3 is 2.93 bits per heavy atom. The number of methoxy groups -OCH3 is 1. The summed E-state index contributed by atoms with van der Waals surface area (Å²) in [5.74, 6) is -0.687. The van der Waals surface area contributed by atoms with Crippen LogP contribution in [-0.4, -0.2) is 42.2 Å². The molecule has 2 amide bonds. The van der Waals surface area contributed by atoms with Gasteiger partial charge in [-0.1, -0.05) is 12.2 Å². The van der Waals surface area contributed by atoms with E-state index < -0.39 is 17.4 Å². The van der Waals surface area contributed by atoms with Crippen molar-refractivity contribution in [2.45, 2.75) is 11.7 Å². The fourth-order valence-electron chi connectivity index (χ4n) is 4.25. The predicted molar refractivity (Wildman–Crippen MR) is 99.8 cm³/mol. The highest BCUT2D eigenvalue weighted by Crippen LogP contribution is 2.52. The first-order valence-corrected chi connectivity index (χ1v) is 9.52. The highest BCUT2D eigenvalue weighted by Gasteiger charge is 2.67. The largest absolute Gasteiger partial charge is 0.497 e. The van der Waals surface area contributed by atoms with Gasteiger partial charge < -0.3 is 19.7 Å². The quantitative estimate of drug-likeness (QED) is 0.818. The third-order valence-electron chi connectivity index (χ3n) is 5.45. The Kier molecular flexibility index (Phi) is 3.60. The summed E-state index contributed by atoms with van der Waals surface area (Å²) in [6.45, 7) is 0.400. The van der Waals surface area contributed by atoms with Crippen molar-refractivity contribution >= 4 is 34.0 Å². The molecule has 7 nitrogen and oxygen atoms in total. The van der Waals surface area contributed by atoms with Crippen molar-refractivity contribution < 1.29 is 19.1 Å². The Morgan fingerprint density at radius 1 is 1.41 bits per heavy atom. The number of benzene rings is 1. The molecule has 0 aliphatic carbocycles. The summed E-state index contributed by atoms with van der Waals surface area (Å²) in [7, 11) is 1.60. The Hall–Kier alpha value is -2.71. The number of aromatic nitrogens is 1. The monoisotopic (exact) mass is 383 g/mol. The lowest BCUT2D eigenvalue weighted by atomic mass is 9.77. The van der Waals surface area contributed by atoms with E-state index in [4.69, 9.17) is 9.47 Å². The number of rotatable bonds is 4. The molecule has 27 heavy (non-hydrogen) atoms. The van der Waals surface area contributed by atoms with Gasteiger partial charge in [-0.25, -0.2) is 4.98 Å². The van der Waals surface area contributed by atoms with Crippen LogP contribution in [0.5, 0.6) is 5.75 Å². The van der Waals surface area contributed by atoms with Crippen LogP contribution in [0.1, 0.15) is 0 Å². The molecule has 1 aromatic heterocycles. The summed E-state index contributed by atoms with van der Waals surface area (Å²) < 4.78 is 11.3. The molecule has 4 heterocycles. The van der Waals surface area contributed by atoms with Gasteiger partial charge in [0.25, 0.3) is 0 Å². The number of nitrogens with one attached hydrogen (secondary N) is 1. The first-order valence-electron chi connectivity index (χ1n) is 8.64. The number of amides is 2. The van der Waals surface area contributed by atoms with Gasteiger partial charge in [0.1, 0.15) is 11.4 Å². The molecule has 2 bridgehead atoms. The van der Waals surface area contributed by atoms with E-state index in [0.717, 1.165) is 11.4 Å². The topological polar surface area (TPSA) is 80.8 Å². The summed E-state index contributed by atoms with van der Waals surface area (Å²) in [6, 6.07) is 7.31. The number of hydrogen-bond acceptors (Lipinski definition) is 6. The number of hydrogen-bond donors (Lipinski definition) is 1. The number of carbonyl (C=O) groups is 2. The molecule has 3 aliphatic rings. The zero-order chi connectivity index (χ0) is 18.6. The van der Waals surface area contributed by atoms with Crippen LogP contribution < -0.4 is 15.0 Å². The second kappa shape index (κ2) is 5.90. The number of carbonyl (C=O) groups excluding carboxylic acids is 2. The Bertz CT molecular complexity index is 927. The van der Waals surface area contributed by atoms with Gasteiger partial charge in [0, 0.05) is 17.3 Å². The van der Waals surface area contributed by atoms with E-state index in [9.17, 15) is 9.59 Å². The van der Waals surface area contributed by atoms with E-state index in [2.05, 4.69) is 10.3 Å². The summed E-state index contributed by atoms with van der Waals surface area (Å²) in [4.78, 5) is 31.9. The molecule has 0 saturated carbocycles. The van der Waals surface area contributed by atoms with Gasteiger partial charge >= 0.3 is 0 Å². The maximum Gasteiger partial charge on any atom is 0.234 e. The maximum absolute atomic E-state index is 13.2. The molecule has 1 aromatic carbocycles. The molecular weight excluding hydrogens is 366 g/mol. The first kappa shape index (κ1) is 16.5. The van der Waals surface area contributed by atoms with Crippen LogP contribution in [-0.2, 0) is 14.3 Å². The number of ether oxygens (including phenoxy) is 2. The zero-order valence-corrected chi connectivity index (χ0v) is 15.3. The van der Waals surface area contributed by atoms with E-state index in [1.807, 2.05) is 36.4 Å². The Balaban J connectivity index is 1.44. The van der Waals surface area contributed by atoms with Crippen LogP contribution in [0, 0.1) is 11.8 Å². The van der Waals surface area contributed by atoms with Crippen molar-refractivity contribution in [3.8, 4) is 5.75 Å². The molecular formula is C19H17N3O4S. The van der Waals surface area contributed by atoms with E-state index in [1.165, 1.54) is 11.3 Å². The van der Waals surface area contributed by atoms with Crippen LogP contribution in [0.15, 0.2) is 48.0 Å². The lowest BCUT2D eigenvalue weighted by Gasteiger charge is -2.22. The number of nitrogens with zero attached hydrogens (tertiary/aromatic N) is 2. The zero-order valence-electron chi connectivity index (χ0n) is 14.5. The van der Waals surface area contributed by atoms with Crippen LogP contribution >= 0.6 is 11.3 Å². The van der Waals surface area contributed by atoms with Crippen LogP contribution in [0.25, 0.3) is 0 Å². The molecule has 1 N–H and O–H groups in total. The van der Waals surface area contributed by atoms with Crippen molar-refractivity contribution in [3.05, 3.63) is 48.0 Å². The van der Waals surface area contributed by atoms with Gasteiger partial charge in [-0.2, -0.15) is 0 Å². The fraction of sp³-hybridized carbons (Fsp3) is 0.316. The summed E-state index contributed by atoms with van der Waals surface area (Å²) in [5, 5.41) is 5.13. The minimum absolute atomic E-state index is 0.0914. The number of anilines is 2. The Morgan fingerprint density at radius 2 is 2.22 bits per heavy atom. The highest BCUT2D eigenvalue weighted by molar-refractivity contribution is 7.13. The number of thiazole rings is 1. The lowest BCUT2D eigenvalue weighted by molar-refractivity contribution is -0.128. The smallest absolute Gasteiger partial charge is 0.234 e. The molecule has 138 valence electrons. The third-order valence-corrected chi connectivity index (χ3v) is 6.14. The normalized spacial score (nSPS) is 30.6. The molecule has 2 fully saturated rings. The van der Waals surface area contributed by atoms with E-state index in [1.54, 1.807) is 23.6 Å². The first-order chi connectivity index (χ1) is 13.1. The second-order valence-corrected chi connectivity index (χ2v) is 7.74. The van der Waals surface area contributed by atoms with Crippen molar-refractivity contribution in [1.82, 2.24) is 4.98 Å². The molecule has 4 atom stereocenters. The molecule has 2 aromatic rings. The predicted octanol–water partition coefficient (Wildman–Crippen LogP) is 2.08. The fourth-order valence-corrected chi connectivity index (χ4v) is 4.78. The summed E-state index contributed by atoms with van der Waals surface area (Å²) >= 11 is 1.35. The van der Waals surface area contributed by atoms with Gasteiger partial charge in [-0.05, 0) is 24.3 Å². The number of fused-ring (bicyclic) bond motifs is 1. The average Bonchev–Trinajstić information content (AvgIpc) is 3.44. The molecule has 5 rings (SSSR count). The van der Waals surface area contributed by atoms with E-state index in [-0.39, 0.29) is 17.9 Å². The molecule has 0 radical (unpaired) electrons. The lowest BCUT2D eigenvalue weighted by Crippen LogP contribution is -2.41. The Labute approximate surface area is 159 Å². The molecule has 0 unspecified atom stereocenters. The second-order valence-electron chi connectivity index (χ2n) is 6.85. The maximum atomic E-state index is 13.2. The highest BCUT2D eigenvalue weighted by atomic mass is 32.1. The van der Waals surface area contributed by atoms with Gasteiger partial charge in [0.2, 0.25) is 11.8 Å². The molecule has 1 spiro atoms. The standard InChI is InChI=1S/C19H17N3O4S/c1-25-12-4-2-11(3-5-12)22-10-19-7-6-13(26-19)14(15(19)17(22)24)16(23)21-18-20-8-9-27-18/h2-9,13-15H,10H2,1H3,(H,20,21,23)/t13-,14-,15+,19+/m0/s1. The van der Waals surface area contributed by atoms with Crippen molar-refractivity contribution in [2.75, 3.05) is 23.9 Å².